The van der Waals surface area contributed by atoms with Crippen molar-refractivity contribution in [1.82, 2.24) is 0 Å². The fourth-order valence-electron chi connectivity index (χ4n) is 1.98. The maximum Gasteiger partial charge on any atom is 0.337 e. The van der Waals surface area contributed by atoms with Crippen molar-refractivity contribution >= 4 is 23.5 Å². The number of rotatable bonds is 3. The van der Waals surface area contributed by atoms with Gasteiger partial charge in [0.25, 0.3) is 0 Å². The van der Waals surface area contributed by atoms with E-state index in [1.54, 1.807) is 25.1 Å². The summed E-state index contributed by atoms with van der Waals surface area (Å²) in [4.78, 5) is 22.0. The molecule has 2 N–H and O–H groups in total. The van der Waals surface area contributed by atoms with E-state index in [1.807, 2.05) is 0 Å². The lowest BCUT2D eigenvalue weighted by atomic mass is 9.97. The maximum atomic E-state index is 11.1. The number of aryl methyl sites for hydroxylation is 1. The minimum atomic E-state index is -1.10. The fraction of sp³-hybridized carbons (Fsp3) is 0.0667. The Kier molecular flexibility index (Phi) is 3.77. The molecule has 20 heavy (non-hydrogen) atoms. The molecule has 0 unspecified atom stereocenters. The van der Waals surface area contributed by atoms with E-state index in [-0.39, 0.29) is 16.1 Å². The van der Waals surface area contributed by atoms with Gasteiger partial charge in [-0.25, -0.2) is 9.59 Å². The lowest BCUT2D eigenvalue weighted by Crippen LogP contribution is -1.99. The molecule has 0 fully saturated rings. The standard InChI is InChI=1S/C15H11ClO4/c1-8-6-10(14(17)18)2-4-11(8)9-3-5-13(16)12(7-9)15(19)20/h2-7H,1H3,(H,17,18)(H,19,20). The molecule has 0 radical (unpaired) electrons. The second-order valence-corrected chi connectivity index (χ2v) is 4.74. The number of carboxylic acids is 2. The lowest BCUT2D eigenvalue weighted by Gasteiger charge is -2.09. The van der Waals surface area contributed by atoms with Gasteiger partial charge in [-0.1, -0.05) is 23.7 Å². The van der Waals surface area contributed by atoms with Gasteiger partial charge in [0.2, 0.25) is 0 Å². The molecule has 102 valence electrons. The number of hydrogen-bond donors (Lipinski definition) is 2. The SMILES string of the molecule is Cc1cc(C(=O)O)ccc1-c1ccc(Cl)c(C(=O)O)c1. The molecule has 0 atom stereocenters. The molecule has 0 spiro atoms. The molecule has 0 aromatic heterocycles. The number of hydrogen-bond acceptors (Lipinski definition) is 2. The summed E-state index contributed by atoms with van der Waals surface area (Å²) in [5, 5.41) is 18.2. The number of carbonyl (C=O) groups is 2. The van der Waals surface area contributed by atoms with Crippen LogP contribution in [0.5, 0.6) is 0 Å². The van der Waals surface area contributed by atoms with Crippen LogP contribution in [0, 0.1) is 6.92 Å². The molecule has 0 aliphatic carbocycles. The molecule has 0 amide bonds. The van der Waals surface area contributed by atoms with Crippen LogP contribution >= 0.6 is 11.6 Å². The van der Waals surface area contributed by atoms with Crippen LogP contribution in [-0.2, 0) is 0 Å². The predicted octanol–water partition coefficient (Wildman–Crippen LogP) is 3.71. The highest BCUT2D eigenvalue weighted by molar-refractivity contribution is 6.33. The average molecular weight is 291 g/mol. The Balaban J connectivity index is 2.54. The van der Waals surface area contributed by atoms with Crippen LogP contribution in [-0.4, -0.2) is 22.2 Å². The van der Waals surface area contributed by atoms with Gasteiger partial charge in [0.15, 0.2) is 0 Å². The van der Waals surface area contributed by atoms with Crippen molar-refractivity contribution < 1.29 is 19.8 Å². The fourth-order valence-corrected chi connectivity index (χ4v) is 2.18. The Morgan fingerprint density at radius 3 is 2.25 bits per heavy atom. The van der Waals surface area contributed by atoms with Crippen LogP contribution in [0.25, 0.3) is 11.1 Å². The molecule has 0 aliphatic heterocycles. The molecule has 2 aromatic carbocycles. The quantitative estimate of drug-likeness (QED) is 0.903. The molecule has 5 heteroatoms. The Morgan fingerprint density at radius 1 is 1.00 bits per heavy atom. The van der Waals surface area contributed by atoms with Crippen molar-refractivity contribution in [2.75, 3.05) is 0 Å². The van der Waals surface area contributed by atoms with Crippen molar-refractivity contribution in [1.29, 1.82) is 0 Å². The Morgan fingerprint density at radius 2 is 1.70 bits per heavy atom. The molecular weight excluding hydrogens is 280 g/mol. The second-order valence-electron chi connectivity index (χ2n) is 4.33. The minimum Gasteiger partial charge on any atom is -0.478 e. The summed E-state index contributed by atoms with van der Waals surface area (Å²) in [5.41, 5.74) is 2.42. The van der Waals surface area contributed by atoms with Crippen molar-refractivity contribution in [2.45, 2.75) is 6.92 Å². The van der Waals surface area contributed by atoms with Crippen LogP contribution < -0.4 is 0 Å². The van der Waals surface area contributed by atoms with Crippen molar-refractivity contribution in [2.24, 2.45) is 0 Å². The Labute approximate surface area is 120 Å². The summed E-state index contributed by atoms with van der Waals surface area (Å²) >= 11 is 5.83. The first-order valence-corrected chi connectivity index (χ1v) is 6.15. The van der Waals surface area contributed by atoms with Gasteiger partial charge in [-0.2, -0.15) is 0 Å². The van der Waals surface area contributed by atoms with Crippen molar-refractivity contribution in [3.05, 3.63) is 58.1 Å². The van der Waals surface area contributed by atoms with Crippen molar-refractivity contribution in [3.8, 4) is 11.1 Å². The Bertz CT molecular complexity index is 707. The van der Waals surface area contributed by atoms with Crippen LogP contribution in [0.15, 0.2) is 36.4 Å². The van der Waals surface area contributed by atoms with E-state index in [0.29, 0.717) is 5.56 Å². The van der Waals surface area contributed by atoms with Gasteiger partial charge in [0.05, 0.1) is 16.1 Å². The topological polar surface area (TPSA) is 74.6 Å². The third kappa shape index (κ3) is 2.65. The molecule has 0 bridgehead atoms. The van der Waals surface area contributed by atoms with E-state index in [9.17, 15) is 9.59 Å². The largest absolute Gasteiger partial charge is 0.478 e. The van der Waals surface area contributed by atoms with Gasteiger partial charge >= 0.3 is 11.9 Å². The van der Waals surface area contributed by atoms with Gasteiger partial charge in [-0.15, -0.1) is 0 Å². The number of benzene rings is 2. The molecule has 0 saturated carbocycles. The van der Waals surface area contributed by atoms with E-state index in [1.165, 1.54) is 18.2 Å². The molecule has 0 saturated heterocycles. The zero-order valence-electron chi connectivity index (χ0n) is 10.6. The first-order valence-electron chi connectivity index (χ1n) is 5.77. The number of carboxylic acid groups (broad SMARTS) is 2. The predicted molar refractivity (Wildman–Crippen MR) is 75.5 cm³/mol. The third-order valence-corrected chi connectivity index (χ3v) is 3.31. The summed E-state index contributed by atoms with van der Waals surface area (Å²) in [6.45, 7) is 1.77. The van der Waals surface area contributed by atoms with Crippen LogP contribution in [0.4, 0.5) is 0 Å². The highest BCUT2D eigenvalue weighted by atomic mass is 35.5. The zero-order chi connectivity index (χ0) is 14.9. The third-order valence-electron chi connectivity index (χ3n) is 2.98. The average Bonchev–Trinajstić information content (AvgIpc) is 2.39. The first-order chi connectivity index (χ1) is 9.40. The molecule has 2 rings (SSSR count). The van der Waals surface area contributed by atoms with Crippen molar-refractivity contribution in [3.63, 3.8) is 0 Å². The normalized spacial score (nSPS) is 10.3. The highest BCUT2D eigenvalue weighted by Crippen LogP contribution is 2.28. The minimum absolute atomic E-state index is 0.0193. The monoisotopic (exact) mass is 290 g/mol. The van der Waals surface area contributed by atoms with Gasteiger partial charge in [0, 0.05) is 0 Å². The first kappa shape index (κ1) is 14.1. The van der Waals surface area contributed by atoms with Crippen LogP contribution in [0.3, 0.4) is 0 Å². The summed E-state index contributed by atoms with van der Waals surface area (Å²) in [7, 11) is 0. The lowest BCUT2D eigenvalue weighted by molar-refractivity contribution is 0.0686. The van der Waals surface area contributed by atoms with E-state index < -0.39 is 11.9 Å². The number of aromatic carboxylic acids is 2. The van der Waals surface area contributed by atoms with Gasteiger partial charge < -0.3 is 10.2 Å². The number of halogens is 1. The highest BCUT2D eigenvalue weighted by Gasteiger charge is 2.12. The van der Waals surface area contributed by atoms with Gasteiger partial charge in [-0.05, 0) is 47.9 Å². The van der Waals surface area contributed by atoms with E-state index in [2.05, 4.69) is 0 Å². The second kappa shape index (κ2) is 5.35. The molecular formula is C15H11ClO4. The van der Waals surface area contributed by atoms with E-state index in [0.717, 1.165) is 11.1 Å². The van der Waals surface area contributed by atoms with Gasteiger partial charge in [-0.3, -0.25) is 0 Å². The maximum absolute atomic E-state index is 11.1. The zero-order valence-corrected chi connectivity index (χ0v) is 11.3. The molecule has 0 heterocycles. The van der Waals surface area contributed by atoms with E-state index >= 15 is 0 Å². The summed E-state index contributed by atoms with van der Waals surface area (Å²) in [6.07, 6.45) is 0. The summed E-state index contributed by atoms with van der Waals surface area (Å²) in [6, 6.07) is 9.40. The molecule has 4 nitrogen and oxygen atoms in total. The summed E-state index contributed by atoms with van der Waals surface area (Å²) in [5.74, 6) is -2.10. The van der Waals surface area contributed by atoms with Crippen LogP contribution in [0.2, 0.25) is 5.02 Å². The molecule has 2 aromatic rings. The molecule has 0 aliphatic rings. The summed E-state index contributed by atoms with van der Waals surface area (Å²) < 4.78 is 0. The van der Waals surface area contributed by atoms with E-state index in [4.69, 9.17) is 21.8 Å². The Hall–Kier alpha value is -2.33. The smallest absolute Gasteiger partial charge is 0.337 e. The van der Waals surface area contributed by atoms with Gasteiger partial charge in [0.1, 0.15) is 0 Å². The van der Waals surface area contributed by atoms with Crippen LogP contribution in [0.1, 0.15) is 26.3 Å².